The number of aromatic nitrogens is 2. The molecule has 1 aromatic carbocycles. The summed E-state index contributed by atoms with van der Waals surface area (Å²) in [6.45, 7) is 5.14. The van der Waals surface area contributed by atoms with E-state index in [1.165, 1.54) is 0 Å². The van der Waals surface area contributed by atoms with E-state index in [2.05, 4.69) is 10.1 Å². The van der Waals surface area contributed by atoms with Crippen LogP contribution < -0.4 is 9.47 Å². The molecule has 7 nitrogen and oxygen atoms in total. The summed E-state index contributed by atoms with van der Waals surface area (Å²) in [5.41, 5.74) is 0.992. The molecular weight excluding hydrogens is 322 g/mol. The van der Waals surface area contributed by atoms with Crippen molar-refractivity contribution in [1.82, 2.24) is 15.0 Å². The molecule has 0 aliphatic carbocycles. The highest BCUT2D eigenvalue weighted by atomic mass is 16.5. The normalized spacial score (nSPS) is 16.0. The molecule has 1 aromatic heterocycles. The molecule has 1 amide bonds. The summed E-state index contributed by atoms with van der Waals surface area (Å²) in [7, 11) is 1.62. The molecule has 0 spiro atoms. The fourth-order valence-electron chi connectivity index (χ4n) is 2.98. The van der Waals surface area contributed by atoms with Gasteiger partial charge >= 0.3 is 0 Å². The minimum Gasteiger partial charge on any atom is -0.493 e. The van der Waals surface area contributed by atoms with Gasteiger partial charge in [-0.2, -0.15) is 4.98 Å². The maximum absolute atomic E-state index is 12.9. The van der Waals surface area contributed by atoms with Crippen molar-refractivity contribution in [3.8, 4) is 11.5 Å². The molecule has 0 bridgehead atoms. The first-order valence-corrected chi connectivity index (χ1v) is 8.55. The van der Waals surface area contributed by atoms with E-state index < -0.39 is 0 Å². The van der Waals surface area contributed by atoms with Gasteiger partial charge in [0, 0.05) is 13.0 Å². The molecule has 7 heteroatoms. The molecule has 25 heavy (non-hydrogen) atoms. The predicted molar refractivity (Wildman–Crippen MR) is 90.5 cm³/mol. The number of rotatable bonds is 6. The van der Waals surface area contributed by atoms with Gasteiger partial charge in [0.25, 0.3) is 0 Å². The first kappa shape index (κ1) is 17.3. The highest BCUT2D eigenvalue weighted by Gasteiger charge is 2.31. The Morgan fingerprint density at radius 1 is 1.40 bits per heavy atom. The van der Waals surface area contributed by atoms with E-state index in [9.17, 15) is 4.79 Å². The Bertz CT molecular complexity index is 744. The zero-order valence-corrected chi connectivity index (χ0v) is 14.8. The van der Waals surface area contributed by atoms with E-state index >= 15 is 0 Å². The number of amides is 1. The Kier molecular flexibility index (Phi) is 5.21. The molecule has 1 unspecified atom stereocenters. The topological polar surface area (TPSA) is 77.7 Å². The molecule has 0 saturated heterocycles. The molecule has 2 heterocycles. The Hall–Kier alpha value is -2.57. The van der Waals surface area contributed by atoms with Crippen LogP contribution in [0.5, 0.6) is 11.5 Å². The maximum atomic E-state index is 12.9. The molecule has 0 radical (unpaired) electrons. The molecule has 0 fully saturated rings. The lowest BCUT2D eigenvalue weighted by Crippen LogP contribution is -2.40. The summed E-state index contributed by atoms with van der Waals surface area (Å²) in [5, 5.41) is 3.88. The SMILES string of the molecule is CCc1noc(CN(CC)C(=O)C2COc3c(cccc3OC)C2)n1. The molecule has 2 aromatic rings. The van der Waals surface area contributed by atoms with Crippen molar-refractivity contribution >= 4 is 5.91 Å². The predicted octanol–water partition coefficient (Wildman–Crippen LogP) is 2.24. The maximum Gasteiger partial charge on any atom is 0.246 e. The monoisotopic (exact) mass is 345 g/mol. The third kappa shape index (κ3) is 3.60. The summed E-state index contributed by atoms with van der Waals surface area (Å²) in [6, 6.07) is 5.75. The van der Waals surface area contributed by atoms with Crippen LogP contribution in [0.25, 0.3) is 0 Å². The number of carbonyl (C=O) groups is 1. The third-order valence-electron chi connectivity index (χ3n) is 4.37. The zero-order chi connectivity index (χ0) is 17.8. The quantitative estimate of drug-likeness (QED) is 0.799. The fraction of sp³-hybridized carbons (Fsp3) is 0.500. The number of para-hydroxylation sites is 1. The summed E-state index contributed by atoms with van der Waals surface area (Å²) in [4.78, 5) is 18.9. The van der Waals surface area contributed by atoms with Crippen molar-refractivity contribution in [3.63, 3.8) is 0 Å². The number of ether oxygens (including phenoxy) is 2. The van der Waals surface area contributed by atoms with Gasteiger partial charge in [-0.3, -0.25) is 4.79 Å². The lowest BCUT2D eigenvalue weighted by atomic mass is 9.95. The van der Waals surface area contributed by atoms with E-state index in [4.69, 9.17) is 14.0 Å². The minimum absolute atomic E-state index is 0.0345. The van der Waals surface area contributed by atoms with Gasteiger partial charge in [-0.15, -0.1) is 0 Å². The summed E-state index contributed by atoms with van der Waals surface area (Å²) in [5.74, 6) is 2.36. The molecule has 134 valence electrons. The van der Waals surface area contributed by atoms with Gasteiger partial charge in [0.05, 0.1) is 19.6 Å². The molecular formula is C18H23N3O4. The van der Waals surface area contributed by atoms with Crippen molar-refractivity contribution in [2.45, 2.75) is 33.2 Å². The van der Waals surface area contributed by atoms with E-state index in [0.29, 0.717) is 50.0 Å². The van der Waals surface area contributed by atoms with Crippen LogP contribution in [0, 0.1) is 5.92 Å². The number of fused-ring (bicyclic) bond motifs is 1. The average Bonchev–Trinajstić information content (AvgIpc) is 3.12. The van der Waals surface area contributed by atoms with Crippen molar-refractivity contribution in [2.75, 3.05) is 20.3 Å². The fourth-order valence-corrected chi connectivity index (χ4v) is 2.98. The Balaban J connectivity index is 1.71. The van der Waals surface area contributed by atoms with Gasteiger partial charge in [-0.25, -0.2) is 0 Å². The average molecular weight is 345 g/mol. The van der Waals surface area contributed by atoms with Gasteiger partial charge in [0.1, 0.15) is 6.61 Å². The van der Waals surface area contributed by atoms with Crippen molar-refractivity contribution in [2.24, 2.45) is 5.92 Å². The lowest BCUT2D eigenvalue weighted by molar-refractivity contribution is -0.137. The Morgan fingerprint density at radius 2 is 2.24 bits per heavy atom. The van der Waals surface area contributed by atoms with E-state index in [0.717, 1.165) is 11.3 Å². The molecule has 3 rings (SSSR count). The number of nitrogens with zero attached hydrogens (tertiary/aromatic N) is 3. The van der Waals surface area contributed by atoms with E-state index in [1.54, 1.807) is 12.0 Å². The number of aryl methyl sites for hydroxylation is 1. The minimum atomic E-state index is -0.229. The van der Waals surface area contributed by atoms with Gasteiger partial charge in [0.15, 0.2) is 17.3 Å². The van der Waals surface area contributed by atoms with E-state index in [-0.39, 0.29) is 11.8 Å². The molecule has 1 aliphatic heterocycles. The van der Waals surface area contributed by atoms with Crippen LogP contribution in [0.4, 0.5) is 0 Å². The van der Waals surface area contributed by atoms with Crippen molar-refractivity contribution < 1.29 is 18.8 Å². The smallest absolute Gasteiger partial charge is 0.246 e. The van der Waals surface area contributed by atoms with Crippen molar-refractivity contribution in [3.05, 3.63) is 35.5 Å². The van der Waals surface area contributed by atoms with Gasteiger partial charge < -0.3 is 18.9 Å². The Labute approximate surface area is 146 Å². The summed E-state index contributed by atoms with van der Waals surface area (Å²) in [6.07, 6.45) is 1.34. The summed E-state index contributed by atoms with van der Waals surface area (Å²) >= 11 is 0. The number of hydrogen-bond acceptors (Lipinski definition) is 6. The highest BCUT2D eigenvalue weighted by molar-refractivity contribution is 5.79. The number of methoxy groups -OCH3 is 1. The second kappa shape index (κ2) is 7.55. The number of hydrogen-bond donors (Lipinski definition) is 0. The molecule has 1 atom stereocenters. The van der Waals surface area contributed by atoms with Crippen LogP contribution >= 0.6 is 0 Å². The second-order valence-electron chi connectivity index (χ2n) is 5.97. The third-order valence-corrected chi connectivity index (χ3v) is 4.37. The van der Waals surface area contributed by atoms with Gasteiger partial charge in [0.2, 0.25) is 11.8 Å². The summed E-state index contributed by atoms with van der Waals surface area (Å²) < 4.78 is 16.4. The van der Waals surface area contributed by atoms with Crippen LogP contribution in [0.2, 0.25) is 0 Å². The standard InChI is InChI=1S/C18H23N3O4/c1-4-15-19-16(25-20-15)10-21(5-2)18(22)13-9-12-7-6-8-14(23-3)17(12)24-11-13/h6-8,13H,4-5,9-11H2,1-3H3. The largest absolute Gasteiger partial charge is 0.493 e. The van der Waals surface area contributed by atoms with Crippen molar-refractivity contribution in [1.29, 1.82) is 0 Å². The number of benzene rings is 1. The first-order chi connectivity index (χ1) is 12.2. The lowest BCUT2D eigenvalue weighted by Gasteiger charge is -2.29. The number of carbonyl (C=O) groups excluding carboxylic acids is 1. The van der Waals surface area contributed by atoms with Crippen LogP contribution in [0.1, 0.15) is 31.1 Å². The Morgan fingerprint density at radius 3 is 2.92 bits per heavy atom. The van der Waals surface area contributed by atoms with Gasteiger partial charge in [-0.05, 0) is 25.0 Å². The van der Waals surface area contributed by atoms with E-state index in [1.807, 2.05) is 32.0 Å². The molecule has 1 aliphatic rings. The van der Waals surface area contributed by atoms with Crippen LogP contribution in [-0.4, -0.2) is 41.2 Å². The highest BCUT2D eigenvalue weighted by Crippen LogP contribution is 2.36. The van der Waals surface area contributed by atoms with Crippen LogP contribution in [0.3, 0.4) is 0 Å². The zero-order valence-electron chi connectivity index (χ0n) is 14.8. The molecule has 0 N–H and O–H groups in total. The van der Waals surface area contributed by atoms with Crippen LogP contribution in [0.15, 0.2) is 22.7 Å². The van der Waals surface area contributed by atoms with Crippen LogP contribution in [-0.2, 0) is 24.2 Å². The molecule has 0 saturated carbocycles. The second-order valence-corrected chi connectivity index (χ2v) is 5.97. The first-order valence-electron chi connectivity index (χ1n) is 8.55. The van der Waals surface area contributed by atoms with Gasteiger partial charge in [-0.1, -0.05) is 24.2 Å².